The summed E-state index contributed by atoms with van der Waals surface area (Å²) < 4.78 is 10.2. The number of hydrogen-bond acceptors (Lipinski definition) is 3. The largest absolute Gasteiger partial charge is 0.357 e. The molecule has 0 aromatic rings. The second-order valence-electron chi connectivity index (χ2n) is 2.17. The predicted octanol–water partition coefficient (Wildman–Crippen LogP) is -0.501. The Labute approximate surface area is 64.7 Å². The summed E-state index contributed by atoms with van der Waals surface area (Å²) in [5.74, 6) is 0. The summed E-state index contributed by atoms with van der Waals surface area (Å²) >= 11 is 0. The van der Waals surface area contributed by atoms with Crippen molar-refractivity contribution >= 4 is 9.52 Å². The molecule has 0 fully saturated rings. The van der Waals surface area contributed by atoms with Gasteiger partial charge in [-0.1, -0.05) is 0 Å². The molecule has 0 spiro atoms. The highest BCUT2D eigenvalue weighted by molar-refractivity contribution is 6.35. The van der Waals surface area contributed by atoms with Crippen LogP contribution in [0.1, 0.15) is 6.92 Å². The summed E-state index contributed by atoms with van der Waals surface area (Å²) in [5.41, 5.74) is 5.33. The first-order valence-electron chi connectivity index (χ1n) is 3.65. The lowest BCUT2D eigenvalue weighted by molar-refractivity contribution is -0.0958. The van der Waals surface area contributed by atoms with Gasteiger partial charge in [-0.15, -0.1) is 0 Å². The summed E-state index contributed by atoms with van der Waals surface area (Å²) in [7, 11) is 1.58. The van der Waals surface area contributed by atoms with Crippen LogP contribution in [0.15, 0.2) is 0 Å². The Bertz CT molecular complexity index is 72.8. The van der Waals surface area contributed by atoms with E-state index in [1.807, 2.05) is 6.92 Å². The van der Waals surface area contributed by atoms with E-state index < -0.39 is 0 Å². The maximum atomic E-state index is 5.33. The Kier molecular flexibility index (Phi) is 7.28. The monoisotopic (exact) mass is 163 g/mol. The van der Waals surface area contributed by atoms with E-state index in [-0.39, 0.29) is 15.8 Å². The average Bonchev–Trinajstić information content (AvgIpc) is 1.98. The zero-order valence-corrected chi connectivity index (χ0v) is 8.21. The number of hydrogen-bond donors (Lipinski definition) is 1. The SMILES string of the molecule is COC(C)OC[SiH2]CCN. The normalized spacial score (nSPS) is 14.7. The van der Waals surface area contributed by atoms with Crippen LogP contribution < -0.4 is 5.73 Å². The third kappa shape index (κ3) is 6.22. The van der Waals surface area contributed by atoms with Crippen LogP contribution in [0, 0.1) is 0 Å². The van der Waals surface area contributed by atoms with E-state index in [1.165, 1.54) is 0 Å². The van der Waals surface area contributed by atoms with E-state index in [9.17, 15) is 0 Å². The third-order valence-electron chi connectivity index (χ3n) is 1.28. The highest BCUT2D eigenvalue weighted by Crippen LogP contribution is 1.89. The Morgan fingerprint density at radius 1 is 1.60 bits per heavy atom. The van der Waals surface area contributed by atoms with Gasteiger partial charge in [-0.3, -0.25) is 0 Å². The van der Waals surface area contributed by atoms with Crippen molar-refractivity contribution in [3.63, 3.8) is 0 Å². The molecule has 10 heavy (non-hydrogen) atoms. The van der Waals surface area contributed by atoms with Gasteiger partial charge < -0.3 is 15.2 Å². The molecule has 0 aliphatic carbocycles. The van der Waals surface area contributed by atoms with E-state index in [2.05, 4.69) is 0 Å². The van der Waals surface area contributed by atoms with Gasteiger partial charge in [-0.25, -0.2) is 0 Å². The van der Waals surface area contributed by atoms with Crippen molar-refractivity contribution in [1.82, 2.24) is 0 Å². The van der Waals surface area contributed by atoms with Gasteiger partial charge in [0, 0.05) is 13.3 Å². The Morgan fingerprint density at radius 3 is 2.80 bits per heavy atom. The molecule has 0 bridgehead atoms. The van der Waals surface area contributed by atoms with Crippen LogP contribution in [-0.4, -0.2) is 35.7 Å². The minimum atomic E-state index is -0.0681. The van der Waals surface area contributed by atoms with Crippen molar-refractivity contribution in [2.45, 2.75) is 19.3 Å². The van der Waals surface area contributed by atoms with Gasteiger partial charge in [0.25, 0.3) is 0 Å². The molecule has 0 aromatic heterocycles. The summed E-state index contributed by atoms with van der Waals surface area (Å²) in [5, 5.41) is 0. The quantitative estimate of drug-likeness (QED) is 0.326. The minimum absolute atomic E-state index is 0.0507. The smallest absolute Gasteiger partial charge is 0.153 e. The van der Waals surface area contributed by atoms with Gasteiger partial charge in [0.2, 0.25) is 0 Å². The van der Waals surface area contributed by atoms with E-state index in [0.29, 0.717) is 0 Å². The van der Waals surface area contributed by atoms with Crippen molar-refractivity contribution < 1.29 is 9.47 Å². The van der Waals surface area contributed by atoms with E-state index in [4.69, 9.17) is 15.2 Å². The molecule has 0 radical (unpaired) electrons. The third-order valence-corrected chi connectivity index (χ3v) is 2.72. The number of nitrogens with two attached hydrogens (primary N) is 1. The second-order valence-corrected chi connectivity index (χ2v) is 3.99. The van der Waals surface area contributed by atoms with Crippen LogP contribution in [0.4, 0.5) is 0 Å². The van der Waals surface area contributed by atoms with E-state index >= 15 is 0 Å². The van der Waals surface area contributed by atoms with Crippen LogP contribution in [0.3, 0.4) is 0 Å². The molecular weight excluding hydrogens is 146 g/mol. The van der Waals surface area contributed by atoms with Crippen LogP contribution in [0.2, 0.25) is 6.04 Å². The van der Waals surface area contributed by atoms with Crippen LogP contribution >= 0.6 is 0 Å². The van der Waals surface area contributed by atoms with Crippen LogP contribution in [0.25, 0.3) is 0 Å². The summed E-state index contributed by atoms with van der Waals surface area (Å²) in [6.45, 7) is 2.70. The van der Waals surface area contributed by atoms with E-state index in [0.717, 1.165) is 18.8 Å². The Balaban J connectivity index is 2.89. The van der Waals surface area contributed by atoms with Crippen LogP contribution in [0.5, 0.6) is 0 Å². The van der Waals surface area contributed by atoms with Crippen molar-refractivity contribution in [2.24, 2.45) is 5.73 Å². The maximum absolute atomic E-state index is 5.33. The van der Waals surface area contributed by atoms with Gasteiger partial charge in [-0.05, 0) is 19.5 Å². The molecule has 62 valence electrons. The van der Waals surface area contributed by atoms with Gasteiger partial charge in [0.05, 0.1) is 9.52 Å². The molecule has 4 heteroatoms. The topological polar surface area (TPSA) is 44.5 Å². The molecule has 3 nitrogen and oxygen atoms in total. The lowest BCUT2D eigenvalue weighted by Crippen LogP contribution is -2.16. The molecule has 0 rings (SSSR count). The molecule has 0 aliphatic heterocycles. The van der Waals surface area contributed by atoms with Gasteiger partial charge >= 0.3 is 0 Å². The van der Waals surface area contributed by atoms with Crippen molar-refractivity contribution in [1.29, 1.82) is 0 Å². The van der Waals surface area contributed by atoms with Gasteiger partial charge in [0.15, 0.2) is 6.29 Å². The molecule has 1 atom stereocenters. The first-order valence-corrected chi connectivity index (χ1v) is 5.65. The lowest BCUT2D eigenvalue weighted by Gasteiger charge is -2.09. The number of methoxy groups -OCH3 is 1. The first-order chi connectivity index (χ1) is 4.81. The number of ether oxygens (including phenoxy) is 2. The molecule has 0 amide bonds. The fourth-order valence-corrected chi connectivity index (χ4v) is 1.56. The molecule has 0 saturated carbocycles. The fourth-order valence-electron chi connectivity index (χ4n) is 0.564. The lowest BCUT2D eigenvalue weighted by atomic mass is 10.8. The average molecular weight is 163 g/mol. The second kappa shape index (κ2) is 7.21. The fraction of sp³-hybridized carbons (Fsp3) is 1.00. The molecule has 0 heterocycles. The summed E-state index contributed by atoms with van der Waals surface area (Å²) in [4.78, 5) is 0. The van der Waals surface area contributed by atoms with Gasteiger partial charge in [-0.2, -0.15) is 0 Å². The molecular formula is C6H17NO2Si. The standard InChI is InChI=1S/C6H17NO2Si/c1-6(8-2)9-5-10-4-3-7/h6H,3-5,7,10H2,1-2H3. The minimum Gasteiger partial charge on any atom is -0.357 e. The Hall–Kier alpha value is 0.0969. The number of rotatable bonds is 6. The molecule has 0 aromatic carbocycles. The molecule has 0 saturated heterocycles. The van der Waals surface area contributed by atoms with Crippen molar-refractivity contribution in [2.75, 3.05) is 19.9 Å². The first kappa shape index (κ1) is 10.1. The molecule has 0 aliphatic rings. The van der Waals surface area contributed by atoms with Gasteiger partial charge in [0.1, 0.15) is 0 Å². The summed E-state index contributed by atoms with van der Waals surface area (Å²) in [6.07, 6.45) is 0.830. The highest BCUT2D eigenvalue weighted by atomic mass is 28.2. The molecule has 2 N–H and O–H groups in total. The van der Waals surface area contributed by atoms with Crippen molar-refractivity contribution in [3.05, 3.63) is 0 Å². The van der Waals surface area contributed by atoms with Crippen LogP contribution in [-0.2, 0) is 9.47 Å². The van der Waals surface area contributed by atoms with Crippen molar-refractivity contribution in [3.8, 4) is 0 Å². The zero-order chi connectivity index (χ0) is 7.82. The highest BCUT2D eigenvalue weighted by Gasteiger charge is 1.96. The summed E-state index contributed by atoms with van der Waals surface area (Å²) in [6, 6.07) is 1.16. The van der Waals surface area contributed by atoms with E-state index in [1.54, 1.807) is 7.11 Å². The maximum Gasteiger partial charge on any atom is 0.153 e. The Morgan fingerprint density at radius 2 is 2.30 bits per heavy atom. The zero-order valence-electron chi connectivity index (χ0n) is 6.80. The molecule has 1 unspecified atom stereocenters. The predicted molar refractivity (Wildman–Crippen MR) is 44.8 cm³/mol.